The number of benzene rings is 2. The van der Waals surface area contributed by atoms with E-state index in [0.717, 1.165) is 0 Å². The van der Waals surface area contributed by atoms with Crippen LogP contribution in [0.1, 0.15) is 17.3 Å². The van der Waals surface area contributed by atoms with Gasteiger partial charge in [-0.15, -0.1) is 0 Å². The van der Waals surface area contributed by atoms with Crippen LogP contribution in [0.2, 0.25) is 5.02 Å². The Kier molecular flexibility index (Phi) is 5.99. The minimum atomic E-state index is -3.61. The quantitative estimate of drug-likeness (QED) is 0.720. The summed E-state index contributed by atoms with van der Waals surface area (Å²) in [5.74, 6) is -1.03. The highest BCUT2D eigenvalue weighted by Crippen LogP contribution is 2.35. The van der Waals surface area contributed by atoms with Gasteiger partial charge in [0.2, 0.25) is 10.0 Å². The van der Waals surface area contributed by atoms with Crippen LogP contribution in [0.25, 0.3) is 0 Å². The average Bonchev–Trinajstić information content (AvgIpc) is 2.73. The Labute approximate surface area is 173 Å². The fourth-order valence-corrected chi connectivity index (χ4v) is 4.17. The first-order chi connectivity index (χ1) is 13.8. The number of para-hydroxylation sites is 2. The highest BCUT2D eigenvalue weighted by atomic mass is 35.5. The smallest absolute Gasteiger partial charge is 0.339 e. The van der Waals surface area contributed by atoms with E-state index in [9.17, 15) is 18.0 Å². The minimum Gasteiger partial charge on any atom is -0.476 e. The molecule has 2 aromatic rings. The lowest BCUT2D eigenvalue weighted by Crippen LogP contribution is -2.49. The molecule has 10 heteroatoms. The first kappa shape index (κ1) is 20.9. The Hall–Kier alpha value is -2.78. The van der Waals surface area contributed by atoms with Gasteiger partial charge < -0.3 is 14.8 Å². The number of rotatable bonds is 5. The molecule has 3 rings (SSSR count). The summed E-state index contributed by atoms with van der Waals surface area (Å²) < 4.78 is 36.6. The molecule has 1 aliphatic heterocycles. The summed E-state index contributed by atoms with van der Waals surface area (Å²) in [6.45, 7) is 1.36. The molecule has 1 N–H and O–H groups in total. The number of carbonyl (C=O) groups is 2. The van der Waals surface area contributed by atoms with Gasteiger partial charge in [-0.3, -0.25) is 9.10 Å². The summed E-state index contributed by atoms with van der Waals surface area (Å²) in [5, 5.41) is 2.81. The van der Waals surface area contributed by atoms with Crippen LogP contribution >= 0.6 is 11.6 Å². The van der Waals surface area contributed by atoms with Gasteiger partial charge in [0, 0.05) is 5.69 Å². The zero-order valence-electron chi connectivity index (χ0n) is 15.7. The third-order valence-corrected chi connectivity index (χ3v) is 6.44. The standard InChI is InChI=1S/C19H19ClN2O6S/c1-3-29(25,26)22-11-17(28-16-7-5-4-6-15(16)22)18(23)21-12-8-9-14(20)13(10-12)19(24)27-2/h4-10,17H,3,11H2,1-2H3,(H,21,23). The van der Waals surface area contributed by atoms with Gasteiger partial charge in [-0.1, -0.05) is 23.7 Å². The number of esters is 1. The van der Waals surface area contributed by atoms with Gasteiger partial charge in [-0.2, -0.15) is 0 Å². The molecule has 0 aliphatic carbocycles. The maximum Gasteiger partial charge on any atom is 0.339 e. The number of carbonyl (C=O) groups excluding carboxylic acids is 2. The monoisotopic (exact) mass is 438 g/mol. The van der Waals surface area contributed by atoms with Crippen molar-refractivity contribution in [1.82, 2.24) is 0 Å². The van der Waals surface area contributed by atoms with Gasteiger partial charge >= 0.3 is 5.97 Å². The fourth-order valence-electron chi connectivity index (χ4n) is 2.85. The molecule has 0 radical (unpaired) electrons. The van der Waals surface area contributed by atoms with Crippen LogP contribution in [0, 0.1) is 0 Å². The highest BCUT2D eigenvalue weighted by molar-refractivity contribution is 7.92. The number of hydrogen-bond acceptors (Lipinski definition) is 6. The second-order valence-electron chi connectivity index (χ2n) is 6.18. The van der Waals surface area contributed by atoms with E-state index in [0.29, 0.717) is 17.1 Å². The molecule has 8 nitrogen and oxygen atoms in total. The SMILES string of the molecule is CCS(=O)(=O)N1CC(C(=O)Nc2ccc(Cl)c(C(=O)OC)c2)Oc2ccccc21. The Morgan fingerprint density at radius 3 is 2.69 bits per heavy atom. The normalized spacial score (nSPS) is 15.8. The second kappa shape index (κ2) is 8.30. The Bertz CT molecular complexity index is 1060. The third kappa shape index (κ3) is 4.30. The largest absolute Gasteiger partial charge is 0.476 e. The lowest BCUT2D eigenvalue weighted by Gasteiger charge is -2.34. The zero-order chi connectivity index (χ0) is 21.2. The van der Waals surface area contributed by atoms with Gasteiger partial charge in [0.1, 0.15) is 5.75 Å². The lowest BCUT2D eigenvalue weighted by molar-refractivity contribution is -0.122. The number of nitrogens with zero attached hydrogens (tertiary/aromatic N) is 1. The maximum atomic E-state index is 12.8. The van der Waals surface area contributed by atoms with Crippen molar-refractivity contribution in [2.24, 2.45) is 0 Å². The predicted octanol–water partition coefficient (Wildman–Crippen LogP) is 2.68. The molecular formula is C19H19ClN2O6S. The van der Waals surface area contributed by atoms with Crippen LogP contribution < -0.4 is 14.4 Å². The number of anilines is 2. The summed E-state index contributed by atoms with van der Waals surface area (Å²) in [6.07, 6.45) is -1.08. The van der Waals surface area contributed by atoms with Gasteiger partial charge in [0.05, 0.1) is 35.7 Å². The molecule has 0 bridgehead atoms. The molecule has 1 aliphatic rings. The fraction of sp³-hybridized carbons (Fsp3) is 0.263. The molecule has 0 spiro atoms. The van der Waals surface area contributed by atoms with Crippen molar-refractivity contribution < 1.29 is 27.5 Å². The molecule has 2 aromatic carbocycles. The number of nitrogens with one attached hydrogen (secondary N) is 1. The molecule has 0 fully saturated rings. The number of hydrogen-bond donors (Lipinski definition) is 1. The third-order valence-electron chi connectivity index (χ3n) is 4.37. The topological polar surface area (TPSA) is 102 Å². The van der Waals surface area contributed by atoms with E-state index in [-0.39, 0.29) is 22.9 Å². The summed E-state index contributed by atoms with van der Waals surface area (Å²) >= 11 is 5.98. The van der Waals surface area contributed by atoms with E-state index in [4.69, 9.17) is 16.3 Å². The Balaban J connectivity index is 1.86. The first-order valence-corrected chi connectivity index (χ1v) is 10.7. The van der Waals surface area contributed by atoms with Crippen LogP contribution in [0.15, 0.2) is 42.5 Å². The van der Waals surface area contributed by atoms with Gasteiger partial charge in [-0.05, 0) is 37.3 Å². The maximum absolute atomic E-state index is 12.8. The molecule has 1 heterocycles. The highest BCUT2D eigenvalue weighted by Gasteiger charge is 2.36. The van der Waals surface area contributed by atoms with Crippen molar-refractivity contribution >= 4 is 44.9 Å². The van der Waals surface area contributed by atoms with E-state index >= 15 is 0 Å². The first-order valence-electron chi connectivity index (χ1n) is 8.71. The van der Waals surface area contributed by atoms with Crippen LogP contribution in [-0.2, 0) is 19.6 Å². The second-order valence-corrected chi connectivity index (χ2v) is 8.77. The average molecular weight is 439 g/mol. The predicted molar refractivity (Wildman–Crippen MR) is 109 cm³/mol. The molecular weight excluding hydrogens is 420 g/mol. The van der Waals surface area contributed by atoms with Gasteiger partial charge in [0.25, 0.3) is 5.91 Å². The molecule has 1 amide bonds. The number of halogens is 1. The molecule has 0 saturated carbocycles. The summed E-state index contributed by atoms with van der Waals surface area (Å²) in [7, 11) is -2.38. The summed E-state index contributed by atoms with van der Waals surface area (Å²) in [4.78, 5) is 24.5. The Morgan fingerprint density at radius 2 is 2.00 bits per heavy atom. The summed E-state index contributed by atoms with van der Waals surface area (Å²) in [6, 6.07) is 11.0. The minimum absolute atomic E-state index is 0.0945. The Morgan fingerprint density at radius 1 is 1.28 bits per heavy atom. The van der Waals surface area contributed by atoms with E-state index in [1.54, 1.807) is 24.3 Å². The number of ether oxygens (including phenoxy) is 2. The van der Waals surface area contributed by atoms with Crippen molar-refractivity contribution in [3.05, 3.63) is 53.1 Å². The van der Waals surface area contributed by atoms with Crippen LogP contribution in [0.5, 0.6) is 5.75 Å². The van der Waals surface area contributed by atoms with Crippen molar-refractivity contribution in [1.29, 1.82) is 0 Å². The van der Waals surface area contributed by atoms with Crippen molar-refractivity contribution in [2.75, 3.05) is 29.0 Å². The molecule has 0 aromatic heterocycles. The zero-order valence-corrected chi connectivity index (χ0v) is 17.3. The number of fused-ring (bicyclic) bond motifs is 1. The lowest BCUT2D eigenvalue weighted by atomic mass is 10.2. The van der Waals surface area contributed by atoms with Crippen LogP contribution in [0.4, 0.5) is 11.4 Å². The van der Waals surface area contributed by atoms with Crippen molar-refractivity contribution in [3.8, 4) is 5.75 Å². The molecule has 29 heavy (non-hydrogen) atoms. The number of methoxy groups -OCH3 is 1. The van der Waals surface area contributed by atoms with E-state index in [2.05, 4.69) is 10.1 Å². The van der Waals surface area contributed by atoms with E-state index in [1.807, 2.05) is 0 Å². The molecule has 0 saturated heterocycles. The van der Waals surface area contributed by atoms with Crippen molar-refractivity contribution in [2.45, 2.75) is 13.0 Å². The van der Waals surface area contributed by atoms with E-state index in [1.165, 1.54) is 36.5 Å². The van der Waals surface area contributed by atoms with Crippen molar-refractivity contribution in [3.63, 3.8) is 0 Å². The molecule has 1 atom stereocenters. The van der Waals surface area contributed by atoms with Crippen LogP contribution in [-0.4, -0.2) is 45.8 Å². The molecule has 154 valence electrons. The number of amides is 1. The molecule has 1 unspecified atom stereocenters. The van der Waals surface area contributed by atoms with E-state index < -0.39 is 28.0 Å². The van der Waals surface area contributed by atoms with Gasteiger partial charge in [0.15, 0.2) is 6.10 Å². The summed E-state index contributed by atoms with van der Waals surface area (Å²) in [5.41, 5.74) is 0.780. The van der Waals surface area contributed by atoms with Gasteiger partial charge in [-0.25, -0.2) is 13.2 Å². The van der Waals surface area contributed by atoms with Crippen LogP contribution in [0.3, 0.4) is 0 Å². The number of sulfonamides is 1.